The van der Waals surface area contributed by atoms with Crippen LogP contribution in [0, 0.1) is 0 Å². The maximum absolute atomic E-state index is 12.4. The highest BCUT2D eigenvalue weighted by atomic mass is 35.5. The van der Waals surface area contributed by atoms with Gasteiger partial charge in [0.05, 0.1) is 5.34 Å². The third-order valence-electron chi connectivity index (χ3n) is 4.57. The molecule has 0 amide bonds. The van der Waals surface area contributed by atoms with Crippen molar-refractivity contribution in [1.82, 2.24) is 0 Å². The molecule has 0 aromatic carbocycles. The quantitative estimate of drug-likeness (QED) is 0.0815. The maximum atomic E-state index is 12.4. The molecule has 0 unspecified atom stereocenters. The van der Waals surface area contributed by atoms with Crippen LogP contribution in [-0.4, -0.2) is 77.0 Å². The number of carbonyl (C=O) groups excluding carboxylic acids is 1. The summed E-state index contributed by atoms with van der Waals surface area (Å²) in [6.07, 6.45) is 4.73. The number of alkyl halides is 14. The zero-order chi connectivity index (χ0) is 38.1. The van der Waals surface area contributed by atoms with Crippen LogP contribution < -0.4 is 0 Å². The van der Waals surface area contributed by atoms with Gasteiger partial charge in [-0.25, -0.2) is 33.7 Å². The summed E-state index contributed by atoms with van der Waals surface area (Å²) >= 11 is 9.53. The fourth-order valence-corrected chi connectivity index (χ4v) is 8.57. The van der Waals surface area contributed by atoms with E-state index >= 15 is 0 Å². The monoisotopic (exact) mass is 828 g/mol. The van der Waals surface area contributed by atoms with Crippen LogP contribution in [0.3, 0.4) is 0 Å². The molecule has 0 saturated heterocycles. The van der Waals surface area contributed by atoms with Crippen molar-refractivity contribution in [3.05, 3.63) is 0 Å². The molecule has 0 rings (SSSR count). The number of halogens is 14. The molecule has 0 saturated carbocycles. The van der Waals surface area contributed by atoms with Crippen LogP contribution in [0.25, 0.3) is 0 Å². The Bertz CT molecular complexity index is 1210. The Balaban J connectivity index is -0.000000305. The van der Waals surface area contributed by atoms with Gasteiger partial charge < -0.3 is 4.79 Å². The van der Waals surface area contributed by atoms with E-state index in [4.69, 9.17) is 23.2 Å². The first kappa shape index (κ1) is 52.0. The van der Waals surface area contributed by atoms with Crippen molar-refractivity contribution in [1.29, 1.82) is 0 Å². The minimum atomic E-state index is -6.47. The Morgan fingerprint density at radius 2 is 0.848 bits per heavy atom. The van der Waals surface area contributed by atoms with E-state index in [2.05, 4.69) is 6.92 Å². The molecule has 0 aromatic rings. The number of hydrogen-bond donors (Lipinski definition) is 0. The fraction of sp³-hybridized carbons (Fsp3) is 0.947. The van der Waals surface area contributed by atoms with E-state index in [-0.39, 0.29) is 18.2 Å². The average Bonchev–Trinajstić information content (AvgIpc) is 2.82. The standard InChI is InChI=1S/C9H14F6O4S2.C6H12O.C3H2F6O4S2.CH2Cl2/c1-2-3-4-5-6-7(20(16,17)8(10,11)12)21(18,19)9(13,14)15;1-2-3-4-5-6-7;4-2(5,6)14(10,11)1-15(12,13)3(7,8)9;2-1-3/h7H,2-6H2,1H3;6H,2-5H2,1H3;1H2;1H2. The normalized spacial score (nSPS) is 13.4. The Kier molecular flexibility index (Phi) is 24.1. The summed E-state index contributed by atoms with van der Waals surface area (Å²) in [5.41, 5.74) is -24.2. The lowest BCUT2D eigenvalue weighted by Gasteiger charge is -2.20. The van der Waals surface area contributed by atoms with Crippen molar-refractivity contribution in [3.63, 3.8) is 0 Å². The molecule has 0 fully saturated rings. The van der Waals surface area contributed by atoms with E-state index in [0.717, 1.165) is 19.1 Å². The lowest BCUT2D eigenvalue weighted by molar-refractivity contribution is -0.108. The van der Waals surface area contributed by atoms with Gasteiger partial charge in [0.2, 0.25) is 0 Å². The van der Waals surface area contributed by atoms with Gasteiger partial charge in [-0.3, -0.25) is 0 Å². The summed E-state index contributed by atoms with van der Waals surface area (Å²) in [4.78, 5) is 9.68. The smallest absolute Gasteiger partial charge is 0.303 e. The van der Waals surface area contributed by atoms with E-state index in [1.54, 1.807) is 6.92 Å². The van der Waals surface area contributed by atoms with Crippen LogP contribution in [0.5, 0.6) is 0 Å². The second-order valence-electron chi connectivity index (χ2n) is 8.26. The zero-order valence-electron chi connectivity index (χ0n) is 23.5. The minimum Gasteiger partial charge on any atom is -0.303 e. The van der Waals surface area contributed by atoms with Gasteiger partial charge in [-0.05, 0) is 12.8 Å². The summed E-state index contributed by atoms with van der Waals surface area (Å²) < 4.78 is 225. The number of rotatable bonds is 13. The predicted octanol–water partition coefficient (Wildman–Crippen LogP) is 7.15. The Hall–Kier alpha value is -0.790. The first-order valence-electron chi connectivity index (χ1n) is 12.0. The van der Waals surface area contributed by atoms with Crippen molar-refractivity contribution < 1.29 is 91.2 Å². The van der Waals surface area contributed by atoms with Gasteiger partial charge in [0.1, 0.15) is 6.29 Å². The fourth-order valence-electron chi connectivity index (χ4n) is 2.33. The number of unbranched alkanes of at least 4 members (excludes halogenated alkanes) is 6. The SMILES string of the molecule is CCCCCC=O.CCCCCCC(S(=O)(=O)C(F)(F)F)S(=O)(=O)C(F)(F)F.ClCCl.O=S(=O)(CS(=O)(=O)C(F)(F)F)C(F)(F)F. The summed E-state index contributed by atoms with van der Waals surface area (Å²) in [5, 5.41) is -2.84. The lowest BCUT2D eigenvalue weighted by atomic mass is 10.2. The van der Waals surface area contributed by atoms with Gasteiger partial charge in [-0.2, -0.15) is 52.7 Å². The molecule has 282 valence electrons. The lowest BCUT2D eigenvalue weighted by Crippen LogP contribution is -2.44. The second kappa shape index (κ2) is 21.3. The molecule has 27 heteroatoms. The number of carbonyl (C=O) groups is 1. The molecular weight excluding hydrogens is 799 g/mol. The minimum absolute atomic E-state index is 0.133. The van der Waals surface area contributed by atoms with E-state index in [0.29, 0.717) is 12.8 Å². The molecule has 0 atom stereocenters. The van der Waals surface area contributed by atoms with Crippen LogP contribution in [0.2, 0.25) is 0 Å². The zero-order valence-corrected chi connectivity index (χ0v) is 28.3. The molecule has 0 aliphatic carbocycles. The predicted molar refractivity (Wildman–Crippen MR) is 144 cm³/mol. The summed E-state index contributed by atoms with van der Waals surface area (Å²) in [6.45, 7) is 3.83. The van der Waals surface area contributed by atoms with Crippen LogP contribution in [0.4, 0.5) is 52.7 Å². The van der Waals surface area contributed by atoms with Crippen molar-refractivity contribution in [2.75, 3.05) is 10.4 Å². The third kappa shape index (κ3) is 19.3. The molecule has 0 aromatic heterocycles. The third-order valence-corrected chi connectivity index (χ3v) is 13.1. The molecule has 0 spiro atoms. The molecule has 0 radical (unpaired) electrons. The van der Waals surface area contributed by atoms with Gasteiger partial charge >= 0.3 is 22.0 Å². The van der Waals surface area contributed by atoms with Gasteiger partial charge in [0, 0.05) is 6.42 Å². The highest BCUT2D eigenvalue weighted by Crippen LogP contribution is 2.38. The van der Waals surface area contributed by atoms with Crippen molar-refractivity contribution in [3.8, 4) is 0 Å². The molecule has 9 nitrogen and oxygen atoms in total. The summed E-state index contributed by atoms with van der Waals surface area (Å²) in [6, 6.07) is 0. The largest absolute Gasteiger partial charge is 0.498 e. The number of aldehydes is 1. The highest BCUT2D eigenvalue weighted by Gasteiger charge is 2.62. The van der Waals surface area contributed by atoms with Crippen molar-refractivity contribution >= 4 is 68.8 Å². The molecule has 0 aliphatic rings. The van der Waals surface area contributed by atoms with E-state index in [1.165, 1.54) is 12.8 Å². The Morgan fingerprint density at radius 1 is 0.543 bits per heavy atom. The van der Waals surface area contributed by atoms with Gasteiger partial charge in [0.25, 0.3) is 39.3 Å². The summed E-state index contributed by atoms with van der Waals surface area (Å²) in [7, 11) is -25.6. The molecular formula is C19H30Cl2F12O9S4. The van der Waals surface area contributed by atoms with E-state index in [9.17, 15) is 91.2 Å². The van der Waals surface area contributed by atoms with Gasteiger partial charge in [-0.1, -0.05) is 52.4 Å². The molecule has 0 heterocycles. The van der Waals surface area contributed by atoms with Crippen molar-refractivity contribution in [2.24, 2.45) is 0 Å². The first-order chi connectivity index (χ1) is 20.2. The first-order valence-corrected chi connectivity index (χ1v) is 19.4. The maximum Gasteiger partial charge on any atom is 0.498 e. The van der Waals surface area contributed by atoms with Crippen molar-refractivity contribution in [2.45, 2.75) is 98.3 Å². The molecule has 0 aliphatic heterocycles. The second-order valence-corrected chi connectivity index (χ2v) is 17.9. The van der Waals surface area contributed by atoms with Gasteiger partial charge in [-0.15, -0.1) is 23.2 Å². The highest BCUT2D eigenvalue weighted by molar-refractivity contribution is 8.10. The number of hydrogen-bond acceptors (Lipinski definition) is 9. The van der Waals surface area contributed by atoms with Crippen LogP contribution in [0.15, 0.2) is 0 Å². The topological polar surface area (TPSA) is 154 Å². The van der Waals surface area contributed by atoms with E-state index < -0.39 is 77.5 Å². The summed E-state index contributed by atoms with van der Waals surface area (Å²) in [5.74, 6) is 0. The average molecular weight is 830 g/mol. The van der Waals surface area contributed by atoms with Crippen LogP contribution >= 0.6 is 23.2 Å². The Morgan fingerprint density at radius 3 is 1.09 bits per heavy atom. The molecule has 46 heavy (non-hydrogen) atoms. The molecule has 0 N–H and O–H groups in total. The van der Waals surface area contributed by atoms with E-state index in [1.807, 2.05) is 0 Å². The van der Waals surface area contributed by atoms with Crippen LogP contribution in [0.1, 0.15) is 71.6 Å². The molecule has 0 bridgehead atoms. The van der Waals surface area contributed by atoms with Gasteiger partial charge in [0.15, 0.2) is 9.67 Å². The Labute approximate surface area is 268 Å². The number of sulfone groups is 4. The van der Waals surface area contributed by atoms with Crippen LogP contribution in [-0.2, 0) is 44.1 Å².